The van der Waals surface area contributed by atoms with Crippen molar-refractivity contribution in [3.05, 3.63) is 29.6 Å². The molecule has 5 heteroatoms. The third-order valence-corrected chi connectivity index (χ3v) is 3.61. The number of hydrogen-bond donors (Lipinski definition) is 3. The molecule has 102 valence electrons. The summed E-state index contributed by atoms with van der Waals surface area (Å²) in [6, 6.07) is 3.43. The molecule has 1 fully saturated rings. The Kier molecular flexibility index (Phi) is 5.38. The molecule has 2 rings (SSSR count). The highest BCUT2D eigenvalue weighted by Gasteiger charge is 2.29. The SMILES string of the molecule is Cl.N[C@H](c1ccc(O)c(F)c1)[C@@H](O)C1CCCC1. The Balaban J connectivity index is 0.00000162. The molecule has 18 heavy (non-hydrogen) atoms. The predicted molar refractivity (Wildman–Crippen MR) is 70.2 cm³/mol. The van der Waals surface area contributed by atoms with E-state index in [2.05, 4.69) is 0 Å². The summed E-state index contributed by atoms with van der Waals surface area (Å²) >= 11 is 0. The highest BCUT2D eigenvalue weighted by molar-refractivity contribution is 5.85. The van der Waals surface area contributed by atoms with Crippen LogP contribution in [0.3, 0.4) is 0 Å². The smallest absolute Gasteiger partial charge is 0.165 e. The first kappa shape index (κ1) is 15.2. The van der Waals surface area contributed by atoms with E-state index in [-0.39, 0.29) is 18.3 Å². The van der Waals surface area contributed by atoms with Gasteiger partial charge in [-0.15, -0.1) is 12.4 Å². The van der Waals surface area contributed by atoms with Crippen LogP contribution in [0.25, 0.3) is 0 Å². The van der Waals surface area contributed by atoms with Crippen molar-refractivity contribution in [1.82, 2.24) is 0 Å². The normalized spacial score (nSPS) is 19.3. The number of aliphatic hydroxyl groups is 1. The minimum absolute atomic E-state index is 0. The molecule has 0 saturated heterocycles. The van der Waals surface area contributed by atoms with Gasteiger partial charge in [0.25, 0.3) is 0 Å². The van der Waals surface area contributed by atoms with E-state index in [1.807, 2.05) is 0 Å². The lowest BCUT2D eigenvalue weighted by Crippen LogP contribution is -2.31. The van der Waals surface area contributed by atoms with Crippen LogP contribution in [-0.4, -0.2) is 16.3 Å². The number of hydrogen-bond acceptors (Lipinski definition) is 3. The number of phenols is 1. The quantitative estimate of drug-likeness (QED) is 0.794. The van der Waals surface area contributed by atoms with Crippen molar-refractivity contribution in [2.45, 2.75) is 37.8 Å². The summed E-state index contributed by atoms with van der Waals surface area (Å²) in [5.41, 5.74) is 6.47. The maximum atomic E-state index is 13.2. The maximum Gasteiger partial charge on any atom is 0.165 e. The third kappa shape index (κ3) is 3.13. The average Bonchev–Trinajstić information content (AvgIpc) is 2.84. The first-order valence-corrected chi connectivity index (χ1v) is 6.01. The molecule has 4 N–H and O–H groups in total. The molecule has 0 unspecified atom stereocenters. The molecule has 0 aromatic heterocycles. The molecule has 2 atom stereocenters. The van der Waals surface area contributed by atoms with Crippen molar-refractivity contribution in [1.29, 1.82) is 0 Å². The van der Waals surface area contributed by atoms with E-state index >= 15 is 0 Å². The Morgan fingerprint density at radius 2 is 1.89 bits per heavy atom. The molecule has 0 radical (unpaired) electrons. The molecular formula is C13H19ClFNO2. The van der Waals surface area contributed by atoms with Crippen molar-refractivity contribution in [3.63, 3.8) is 0 Å². The van der Waals surface area contributed by atoms with Crippen LogP contribution < -0.4 is 5.73 Å². The maximum absolute atomic E-state index is 13.2. The van der Waals surface area contributed by atoms with Crippen LogP contribution in [-0.2, 0) is 0 Å². The average molecular weight is 276 g/mol. The van der Waals surface area contributed by atoms with Gasteiger partial charge in [0.1, 0.15) is 0 Å². The zero-order valence-corrected chi connectivity index (χ0v) is 10.9. The fraction of sp³-hybridized carbons (Fsp3) is 0.538. The summed E-state index contributed by atoms with van der Waals surface area (Å²) in [6.07, 6.45) is 3.57. The number of phenolic OH excluding ortho intramolecular Hbond substituents is 1. The standard InChI is InChI=1S/C13H18FNO2.ClH/c14-10-7-9(5-6-11(10)16)12(15)13(17)8-3-1-2-4-8;/h5-8,12-13,16-17H,1-4,15H2;1H/t12-,13+;/m1./s1. The van der Waals surface area contributed by atoms with Gasteiger partial charge in [-0.05, 0) is 36.5 Å². The third-order valence-electron chi connectivity index (χ3n) is 3.61. The summed E-state index contributed by atoms with van der Waals surface area (Å²) in [7, 11) is 0. The van der Waals surface area contributed by atoms with Crippen molar-refractivity contribution in [3.8, 4) is 5.75 Å². The molecule has 0 heterocycles. The number of nitrogens with two attached hydrogens (primary N) is 1. The first-order chi connectivity index (χ1) is 8.09. The Labute approximate surface area is 112 Å². The lowest BCUT2D eigenvalue weighted by atomic mass is 9.91. The van der Waals surface area contributed by atoms with Gasteiger partial charge < -0.3 is 15.9 Å². The largest absolute Gasteiger partial charge is 0.505 e. The van der Waals surface area contributed by atoms with Gasteiger partial charge in [0.05, 0.1) is 12.1 Å². The Bertz CT molecular complexity index is 397. The van der Waals surface area contributed by atoms with E-state index in [1.165, 1.54) is 12.1 Å². The van der Waals surface area contributed by atoms with Crippen LogP contribution in [0.4, 0.5) is 4.39 Å². The molecule has 0 aliphatic heterocycles. The Morgan fingerprint density at radius 1 is 1.28 bits per heavy atom. The number of aromatic hydroxyl groups is 1. The van der Waals surface area contributed by atoms with Crippen LogP contribution in [0.2, 0.25) is 0 Å². The summed E-state index contributed by atoms with van der Waals surface area (Å²) in [5, 5.41) is 19.2. The second-order valence-electron chi connectivity index (χ2n) is 4.77. The lowest BCUT2D eigenvalue weighted by molar-refractivity contribution is 0.0844. The molecule has 1 aromatic carbocycles. The van der Waals surface area contributed by atoms with Crippen LogP contribution in [0.5, 0.6) is 5.75 Å². The van der Waals surface area contributed by atoms with E-state index in [4.69, 9.17) is 10.8 Å². The van der Waals surface area contributed by atoms with Gasteiger partial charge in [-0.1, -0.05) is 18.9 Å². The Morgan fingerprint density at radius 3 is 2.44 bits per heavy atom. The van der Waals surface area contributed by atoms with Gasteiger partial charge in [0, 0.05) is 0 Å². The van der Waals surface area contributed by atoms with Gasteiger partial charge >= 0.3 is 0 Å². The summed E-state index contributed by atoms with van der Waals surface area (Å²) < 4.78 is 13.2. The minimum atomic E-state index is -0.698. The van der Waals surface area contributed by atoms with E-state index in [0.29, 0.717) is 5.56 Å². The van der Waals surface area contributed by atoms with Crippen molar-refractivity contribution in [2.24, 2.45) is 11.7 Å². The second kappa shape index (κ2) is 6.36. The van der Waals surface area contributed by atoms with Crippen LogP contribution in [0, 0.1) is 11.7 Å². The molecule has 0 spiro atoms. The van der Waals surface area contributed by atoms with Gasteiger partial charge in [-0.3, -0.25) is 0 Å². The van der Waals surface area contributed by atoms with Crippen molar-refractivity contribution >= 4 is 12.4 Å². The zero-order chi connectivity index (χ0) is 12.4. The monoisotopic (exact) mass is 275 g/mol. The lowest BCUT2D eigenvalue weighted by Gasteiger charge is -2.24. The van der Waals surface area contributed by atoms with Crippen LogP contribution in [0.1, 0.15) is 37.3 Å². The number of halogens is 2. The molecule has 1 saturated carbocycles. The molecule has 3 nitrogen and oxygen atoms in total. The fourth-order valence-electron chi connectivity index (χ4n) is 2.52. The van der Waals surface area contributed by atoms with Gasteiger partial charge in [-0.25, -0.2) is 4.39 Å². The van der Waals surface area contributed by atoms with E-state index in [9.17, 15) is 9.50 Å². The summed E-state index contributed by atoms with van der Waals surface area (Å²) in [4.78, 5) is 0. The molecule has 1 aliphatic carbocycles. The first-order valence-electron chi connectivity index (χ1n) is 6.01. The number of benzene rings is 1. The van der Waals surface area contributed by atoms with E-state index < -0.39 is 23.7 Å². The van der Waals surface area contributed by atoms with Crippen molar-refractivity contribution < 1.29 is 14.6 Å². The van der Waals surface area contributed by atoms with Crippen molar-refractivity contribution in [2.75, 3.05) is 0 Å². The van der Waals surface area contributed by atoms with Crippen LogP contribution in [0.15, 0.2) is 18.2 Å². The zero-order valence-electron chi connectivity index (χ0n) is 10.1. The molecule has 1 aliphatic rings. The van der Waals surface area contributed by atoms with Crippen LogP contribution >= 0.6 is 12.4 Å². The van der Waals surface area contributed by atoms with E-state index in [0.717, 1.165) is 25.7 Å². The second-order valence-corrected chi connectivity index (χ2v) is 4.77. The number of rotatable bonds is 3. The summed E-state index contributed by atoms with van der Waals surface area (Å²) in [5.74, 6) is -0.880. The highest BCUT2D eigenvalue weighted by atomic mass is 35.5. The predicted octanol–water partition coefficient (Wildman–Crippen LogP) is 2.50. The summed E-state index contributed by atoms with van der Waals surface area (Å²) in [6.45, 7) is 0. The fourth-order valence-corrected chi connectivity index (χ4v) is 2.52. The van der Waals surface area contributed by atoms with Gasteiger partial charge in [0.2, 0.25) is 0 Å². The van der Waals surface area contributed by atoms with E-state index in [1.54, 1.807) is 6.07 Å². The highest BCUT2D eigenvalue weighted by Crippen LogP contribution is 2.33. The molecule has 0 bridgehead atoms. The molecule has 1 aromatic rings. The topological polar surface area (TPSA) is 66.5 Å². The minimum Gasteiger partial charge on any atom is -0.505 e. The number of aliphatic hydroxyl groups excluding tert-OH is 1. The van der Waals surface area contributed by atoms with Gasteiger partial charge in [-0.2, -0.15) is 0 Å². The Hall–Kier alpha value is -0.840. The molecule has 0 amide bonds. The van der Waals surface area contributed by atoms with Gasteiger partial charge in [0.15, 0.2) is 11.6 Å². The molecular weight excluding hydrogens is 257 g/mol.